The predicted octanol–water partition coefficient (Wildman–Crippen LogP) is 1.03. The van der Waals surface area contributed by atoms with E-state index in [0.717, 1.165) is 0 Å². The number of anilines is 2. The van der Waals surface area contributed by atoms with Crippen LogP contribution in [0, 0.1) is 10.1 Å². The molecule has 1 heterocycles. The maximum atomic E-state index is 10.9. The molecule has 0 unspecified atom stereocenters. The van der Waals surface area contributed by atoms with Crippen molar-refractivity contribution in [2.24, 2.45) is 5.84 Å². The minimum absolute atomic E-state index is 0.0754. The van der Waals surface area contributed by atoms with Crippen molar-refractivity contribution < 1.29 is 4.92 Å². The first-order valence-corrected chi connectivity index (χ1v) is 5.81. The van der Waals surface area contributed by atoms with E-state index in [0.29, 0.717) is 12.4 Å². The average Bonchev–Trinajstić information content (AvgIpc) is 2.35. The molecule has 0 aliphatic heterocycles. The number of nitrogens with zero attached hydrogens (tertiary/aromatic N) is 3. The van der Waals surface area contributed by atoms with Crippen molar-refractivity contribution in [1.82, 2.24) is 9.88 Å². The van der Waals surface area contributed by atoms with Gasteiger partial charge < -0.3 is 15.6 Å². The molecule has 8 heteroatoms. The van der Waals surface area contributed by atoms with Crippen LogP contribution in [-0.2, 0) is 0 Å². The van der Waals surface area contributed by atoms with E-state index in [9.17, 15) is 10.1 Å². The van der Waals surface area contributed by atoms with Gasteiger partial charge in [-0.05, 0) is 34.0 Å². The van der Waals surface area contributed by atoms with E-state index in [2.05, 4.69) is 15.7 Å². The molecule has 0 aromatic carbocycles. The van der Waals surface area contributed by atoms with Crippen LogP contribution >= 0.6 is 0 Å². The fraction of sp³-hybridized carbons (Fsp3) is 0.545. The van der Waals surface area contributed by atoms with Gasteiger partial charge in [-0.2, -0.15) is 0 Å². The Morgan fingerprint density at radius 2 is 2.11 bits per heavy atom. The van der Waals surface area contributed by atoms with E-state index in [1.165, 1.54) is 12.1 Å². The Bertz CT molecular complexity index is 460. The third-order valence-electron chi connectivity index (χ3n) is 3.12. The van der Waals surface area contributed by atoms with Gasteiger partial charge in [0.1, 0.15) is 5.82 Å². The van der Waals surface area contributed by atoms with E-state index in [1.54, 1.807) is 0 Å². The Hall–Kier alpha value is -1.93. The zero-order chi connectivity index (χ0) is 14.6. The number of nitro groups is 1. The number of rotatable bonds is 6. The van der Waals surface area contributed by atoms with Gasteiger partial charge in [0.05, 0.1) is 4.92 Å². The molecule has 19 heavy (non-hydrogen) atoms. The lowest BCUT2D eigenvalue weighted by atomic mass is 10.0. The molecule has 0 fully saturated rings. The quantitative estimate of drug-likeness (QED) is 0.401. The molecule has 1 aromatic rings. The van der Waals surface area contributed by atoms with E-state index >= 15 is 0 Å². The first-order chi connectivity index (χ1) is 8.77. The largest absolute Gasteiger partial charge is 0.362 e. The number of nitrogens with one attached hydrogen (secondary N) is 2. The highest BCUT2D eigenvalue weighted by atomic mass is 16.6. The number of likely N-dealkylation sites (N-methyl/N-ethyl adjacent to an activating group) is 1. The summed E-state index contributed by atoms with van der Waals surface area (Å²) in [5, 5.41) is 13.9. The van der Waals surface area contributed by atoms with Gasteiger partial charge >= 0.3 is 5.69 Å². The Labute approximate surface area is 112 Å². The third-order valence-corrected chi connectivity index (χ3v) is 3.12. The van der Waals surface area contributed by atoms with Crippen LogP contribution in [0.25, 0.3) is 0 Å². The van der Waals surface area contributed by atoms with Gasteiger partial charge in [0.15, 0.2) is 0 Å². The maximum absolute atomic E-state index is 10.9. The molecule has 0 radical (unpaired) electrons. The van der Waals surface area contributed by atoms with Crippen molar-refractivity contribution in [3.8, 4) is 0 Å². The first kappa shape index (κ1) is 15.1. The molecule has 0 aliphatic rings. The van der Waals surface area contributed by atoms with E-state index < -0.39 is 4.92 Å². The molecule has 0 amide bonds. The summed E-state index contributed by atoms with van der Waals surface area (Å²) in [5.41, 5.74) is 2.13. The Kier molecular flexibility index (Phi) is 4.62. The molecule has 0 spiro atoms. The standard InChI is InChI=1S/C11H20N6O2/c1-11(2,16(3)4)7-13-10-8(17(18)19)5-6-9(14-10)15-12/h5-6H,7,12H2,1-4H3,(H2,13,14,15). The van der Waals surface area contributed by atoms with Gasteiger partial charge in [-0.1, -0.05) is 0 Å². The second kappa shape index (κ2) is 5.81. The molecule has 1 aromatic heterocycles. The normalized spacial score (nSPS) is 11.5. The summed E-state index contributed by atoms with van der Waals surface area (Å²) in [4.78, 5) is 16.6. The van der Waals surface area contributed by atoms with Crippen LogP contribution in [0.5, 0.6) is 0 Å². The number of hydrogen-bond donors (Lipinski definition) is 3. The van der Waals surface area contributed by atoms with Gasteiger partial charge in [-0.15, -0.1) is 0 Å². The zero-order valence-corrected chi connectivity index (χ0v) is 11.6. The molecule has 8 nitrogen and oxygen atoms in total. The molecular weight excluding hydrogens is 248 g/mol. The van der Waals surface area contributed by atoms with Crippen LogP contribution in [-0.4, -0.2) is 41.0 Å². The number of nitrogens with two attached hydrogens (primary N) is 1. The summed E-state index contributed by atoms with van der Waals surface area (Å²) in [7, 11) is 3.89. The van der Waals surface area contributed by atoms with Gasteiger partial charge in [0.2, 0.25) is 5.82 Å². The first-order valence-electron chi connectivity index (χ1n) is 5.81. The zero-order valence-electron chi connectivity index (χ0n) is 11.6. The molecule has 0 bridgehead atoms. The Morgan fingerprint density at radius 3 is 2.58 bits per heavy atom. The summed E-state index contributed by atoms with van der Waals surface area (Å²) in [6, 6.07) is 2.83. The molecule has 0 atom stereocenters. The minimum atomic E-state index is -0.474. The number of hydrogen-bond acceptors (Lipinski definition) is 7. The lowest BCUT2D eigenvalue weighted by molar-refractivity contribution is -0.384. The highest BCUT2D eigenvalue weighted by Crippen LogP contribution is 2.24. The van der Waals surface area contributed by atoms with Crippen LogP contribution in [0.1, 0.15) is 13.8 Å². The highest BCUT2D eigenvalue weighted by Gasteiger charge is 2.23. The summed E-state index contributed by atoms with van der Waals surface area (Å²) >= 11 is 0. The predicted molar refractivity (Wildman–Crippen MR) is 75.0 cm³/mol. The summed E-state index contributed by atoms with van der Waals surface area (Å²) in [6.45, 7) is 4.57. The van der Waals surface area contributed by atoms with Crippen LogP contribution in [0.3, 0.4) is 0 Å². The van der Waals surface area contributed by atoms with Gasteiger partial charge in [0.25, 0.3) is 0 Å². The summed E-state index contributed by atoms with van der Waals surface area (Å²) in [6.07, 6.45) is 0. The highest BCUT2D eigenvalue weighted by molar-refractivity contribution is 5.60. The molecule has 0 aliphatic carbocycles. The average molecular weight is 268 g/mol. The number of pyridine rings is 1. The number of nitrogen functional groups attached to an aromatic ring is 1. The number of hydrazine groups is 1. The van der Waals surface area contributed by atoms with Crippen molar-refractivity contribution in [2.75, 3.05) is 31.4 Å². The monoisotopic (exact) mass is 268 g/mol. The van der Waals surface area contributed by atoms with E-state index in [1.807, 2.05) is 32.8 Å². The van der Waals surface area contributed by atoms with Crippen LogP contribution in [0.4, 0.5) is 17.3 Å². The molecule has 106 valence electrons. The Morgan fingerprint density at radius 1 is 1.47 bits per heavy atom. The van der Waals surface area contributed by atoms with Crippen molar-refractivity contribution in [1.29, 1.82) is 0 Å². The summed E-state index contributed by atoms with van der Waals surface area (Å²) in [5.74, 6) is 5.83. The second-order valence-electron chi connectivity index (χ2n) is 5.03. The Balaban J connectivity index is 2.95. The molecular formula is C11H20N6O2. The smallest absolute Gasteiger partial charge is 0.311 e. The molecule has 1 rings (SSSR count). The molecule has 0 saturated heterocycles. The van der Waals surface area contributed by atoms with E-state index in [-0.39, 0.29) is 17.0 Å². The van der Waals surface area contributed by atoms with Crippen LogP contribution < -0.4 is 16.6 Å². The molecule has 0 saturated carbocycles. The van der Waals surface area contributed by atoms with Crippen LogP contribution in [0.15, 0.2) is 12.1 Å². The minimum Gasteiger partial charge on any atom is -0.362 e. The van der Waals surface area contributed by atoms with Gasteiger partial charge in [-0.25, -0.2) is 10.8 Å². The maximum Gasteiger partial charge on any atom is 0.311 e. The van der Waals surface area contributed by atoms with E-state index in [4.69, 9.17) is 5.84 Å². The fourth-order valence-electron chi connectivity index (χ4n) is 1.27. The topological polar surface area (TPSA) is 109 Å². The van der Waals surface area contributed by atoms with Crippen LogP contribution in [0.2, 0.25) is 0 Å². The lowest BCUT2D eigenvalue weighted by Crippen LogP contribution is -2.44. The van der Waals surface area contributed by atoms with Crippen molar-refractivity contribution in [3.05, 3.63) is 22.2 Å². The number of aromatic nitrogens is 1. The van der Waals surface area contributed by atoms with Crippen molar-refractivity contribution in [3.63, 3.8) is 0 Å². The SMILES string of the molecule is CN(C)C(C)(C)CNc1nc(NN)ccc1[N+](=O)[O-]. The fourth-order valence-corrected chi connectivity index (χ4v) is 1.27. The third kappa shape index (κ3) is 3.76. The molecule has 4 N–H and O–H groups in total. The van der Waals surface area contributed by atoms with Crippen molar-refractivity contribution >= 4 is 17.3 Å². The van der Waals surface area contributed by atoms with Crippen molar-refractivity contribution in [2.45, 2.75) is 19.4 Å². The lowest BCUT2D eigenvalue weighted by Gasteiger charge is -2.32. The second-order valence-corrected chi connectivity index (χ2v) is 5.03. The van der Waals surface area contributed by atoms with Gasteiger partial charge in [-0.3, -0.25) is 10.1 Å². The summed E-state index contributed by atoms with van der Waals surface area (Å²) < 4.78 is 0. The van der Waals surface area contributed by atoms with Gasteiger partial charge in [0, 0.05) is 18.2 Å².